The Morgan fingerprint density at radius 3 is 1.70 bits per heavy atom. The van der Waals surface area contributed by atoms with Crippen LogP contribution in [0.3, 0.4) is 0 Å². The van der Waals surface area contributed by atoms with E-state index in [1.165, 1.54) is 51.4 Å². The Hall–Kier alpha value is -1.03. The minimum absolute atomic E-state index is 0.202. The molecule has 0 saturated carbocycles. The van der Waals surface area contributed by atoms with Gasteiger partial charge in [0.05, 0.1) is 42.7 Å². The SMILES string of the molecule is CCCCCCCCCCCC[C@H](O)[C@H]1CC[C@H]([C@H](O)CCC[C@@H](O)[C@@H](O)CCCCC[C@@H](O)CC2=C[C@H](C)OC2=O)O1. The zero-order chi connectivity index (χ0) is 31.5. The lowest BCUT2D eigenvalue weighted by Crippen LogP contribution is -2.31. The monoisotopic (exact) mass is 612 g/mol. The average Bonchev–Trinajstić information content (AvgIpc) is 3.59. The molecule has 0 unspecified atom stereocenters. The maximum atomic E-state index is 11.7. The molecule has 0 aliphatic carbocycles. The fourth-order valence-electron chi connectivity index (χ4n) is 6.44. The number of rotatable bonds is 26. The second-order valence-electron chi connectivity index (χ2n) is 13.3. The van der Waals surface area contributed by atoms with Crippen LogP contribution in [-0.2, 0) is 14.3 Å². The second kappa shape index (κ2) is 22.5. The molecule has 1 fully saturated rings. The van der Waals surface area contributed by atoms with Crippen LogP contribution in [0.2, 0.25) is 0 Å². The Bertz CT molecular complexity index is 758. The predicted molar refractivity (Wildman–Crippen MR) is 170 cm³/mol. The van der Waals surface area contributed by atoms with E-state index >= 15 is 0 Å². The third kappa shape index (κ3) is 16.2. The number of esters is 1. The molecule has 0 aromatic carbocycles. The van der Waals surface area contributed by atoms with Gasteiger partial charge in [-0.15, -0.1) is 0 Å². The molecular formula is C35H64O8. The van der Waals surface area contributed by atoms with E-state index in [2.05, 4.69) is 6.92 Å². The summed E-state index contributed by atoms with van der Waals surface area (Å²) in [7, 11) is 0. The van der Waals surface area contributed by atoms with Crippen molar-refractivity contribution in [2.24, 2.45) is 0 Å². The first-order valence-electron chi connectivity index (χ1n) is 17.7. The van der Waals surface area contributed by atoms with Gasteiger partial charge in [0.25, 0.3) is 0 Å². The highest BCUT2D eigenvalue weighted by Gasteiger charge is 2.34. The normalized spacial score (nSPS) is 24.0. The molecule has 2 heterocycles. The molecule has 2 rings (SSSR count). The van der Waals surface area contributed by atoms with Crippen molar-refractivity contribution < 1.29 is 39.8 Å². The van der Waals surface area contributed by atoms with Crippen LogP contribution >= 0.6 is 0 Å². The van der Waals surface area contributed by atoms with E-state index in [9.17, 15) is 30.3 Å². The summed E-state index contributed by atoms with van der Waals surface area (Å²) in [5.74, 6) is -0.343. The molecular weight excluding hydrogens is 548 g/mol. The van der Waals surface area contributed by atoms with Crippen LogP contribution in [0.4, 0.5) is 0 Å². The molecule has 8 atom stereocenters. The quantitative estimate of drug-likeness (QED) is 0.0590. The van der Waals surface area contributed by atoms with Crippen LogP contribution in [0.25, 0.3) is 0 Å². The summed E-state index contributed by atoms with van der Waals surface area (Å²) in [5.41, 5.74) is 0.542. The van der Waals surface area contributed by atoms with Crippen LogP contribution < -0.4 is 0 Å². The maximum Gasteiger partial charge on any atom is 0.334 e. The first-order valence-corrected chi connectivity index (χ1v) is 17.7. The van der Waals surface area contributed by atoms with E-state index in [1.807, 2.05) is 0 Å². The molecule has 0 radical (unpaired) electrons. The Morgan fingerprint density at radius 1 is 0.674 bits per heavy atom. The van der Waals surface area contributed by atoms with Crippen LogP contribution in [0.5, 0.6) is 0 Å². The number of aliphatic hydroxyl groups excluding tert-OH is 5. The number of hydrogen-bond donors (Lipinski definition) is 5. The highest BCUT2D eigenvalue weighted by Crippen LogP contribution is 2.28. The van der Waals surface area contributed by atoms with Crippen molar-refractivity contribution in [1.82, 2.24) is 0 Å². The van der Waals surface area contributed by atoms with Gasteiger partial charge in [0, 0.05) is 12.0 Å². The molecule has 0 aromatic rings. The first kappa shape index (κ1) is 38.2. The van der Waals surface area contributed by atoms with E-state index in [-0.39, 0.29) is 24.3 Å². The number of aliphatic hydroxyl groups is 5. The van der Waals surface area contributed by atoms with Crippen molar-refractivity contribution >= 4 is 5.97 Å². The molecule has 8 nitrogen and oxygen atoms in total. The van der Waals surface area contributed by atoms with Crippen molar-refractivity contribution in [2.45, 2.75) is 204 Å². The van der Waals surface area contributed by atoms with E-state index in [0.29, 0.717) is 44.1 Å². The Labute approximate surface area is 261 Å². The average molecular weight is 613 g/mol. The van der Waals surface area contributed by atoms with E-state index in [1.54, 1.807) is 13.0 Å². The highest BCUT2D eigenvalue weighted by molar-refractivity contribution is 5.90. The van der Waals surface area contributed by atoms with Crippen molar-refractivity contribution in [3.63, 3.8) is 0 Å². The van der Waals surface area contributed by atoms with Gasteiger partial charge in [0.15, 0.2) is 0 Å². The fraction of sp³-hybridized carbons (Fsp3) is 0.914. The number of carbonyl (C=O) groups excluding carboxylic acids is 1. The highest BCUT2D eigenvalue weighted by atomic mass is 16.5. The van der Waals surface area contributed by atoms with E-state index in [0.717, 1.165) is 51.4 Å². The molecule has 2 aliphatic rings. The summed E-state index contributed by atoms with van der Waals surface area (Å²) in [6, 6.07) is 0. The molecule has 0 aromatic heterocycles. The Balaban J connectivity index is 1.46. The minimum atomic E-state index is -0.833. The third-order valence-corrected chi connectivity index (χ3v) is 9.22. The Morgan fingerprint density at radius 2 is 1.14 bits per heavy atom. The predicted octanol–water partition coefficient (Wildman–Crippen LogP) is 6.03. The van der Waals surface area contributed by atoms with Gasteiger partial charge in [-0.25, -0.2) is 4.79 Å². The van der Waals surface area contributed by atoms with E-state index < -0.39 is 30.5 Å². The lowest BCUT2D eigenvalue weighted by atomic mass is 9.97. The summed E-state index contributed by atoms with van der Waals surface area (Å²) in [4.78, 5) is 11.7. The number of hydrogen-bond acceptors (Lipinski definition) is 8. The largest absolute Gasteiger partial charge is 0.455 e. The zero-order valence-corrected chi connectivity index (χ0v) is 27.2. The maximum absolute atomic E-state index is 11.7. The van der Waals surface area contributed by atoms with Crippen LogP contribution in [0, 0.1) is 0 Å². The van der Waals surface area contributed by atoms with Crippen LogP contribution in [0.1, 0.15) is 155 Å². The molecule has 0 spiro atoms. The van der Waals surface area contributed by atoms with Crippen molar-refractivity contribution in [1.29, 1.82) is 0 Å². The molecule has 2 aliphatic heterocycles. The third-order valence-electron chi connectivity index (χ3n) is 9.22. The molecule has 5 N–H and O–H groups in total. The summed E-state index contributed by atoms with van der Waals surface area (Å²) < 4.78 is 11.1. The summed E-state index contributed by atoms with van der Waals surface area (Å²) in [6.07, 6.45) is 17.9. The fourth-order valence-corrected chi connectivity index (χ4v) is 6.44. The van der Waals surface area contributed by atoms with Crippen molar-refractivity contribution in [3.05, 3.63) is 11.6 Å². The molecule has 0 bridgehead atoms. The Kier molecular flexibility index (Phi) is 19.9. The summed E-state index contributed by atoms with van der Waals surface area (Å²) >= 11 is 0. The lowest BCUT2D eigenvalue weighted by molar-refractivity contribution is -0.139. The molecule has 0 amide bonds. The second-order valence-corrected chi connectivity index (χ2v) is 13.3. The number of ether oxygens (including phenoxy) is 2. The van der Waals surface area contributed by atoms with E-state index in [4.69, 9.17) is 9.47 Å². The van der Waals surface area contributed by atoms with Gasteiger partial charge >= 0.3 is 5.97 Å². The molecule has 252 valence electrons. The number of unbranched alkanes of at least 4 members (excludes halogenated alkanes) is 11. The number of cyclic esters (lactones) is 1. The minimum Gasteiger partial charge on any atom is -0.455 e. The molecule has 1 saturated heterocycles. The summed E-state index contributed by atoms with van der Waals surface area (Å²) in [6.45, 7) is 4.04. The van der Waals surface area contributed by atoms with Gasteiger partial charge in [-0.05, 0) is 64.4 Å². The molecule has 43 heavy (non-hydrogen) atoms. The first-order chi connectivity index (χ1) is 20.7. The lowest BCUT2D eigenvalue weighted by Gasteiger charge is -2.23. The summed E-state index contributed by atoms with van der Waals surface area (Å²) in [5, 5.41) is 52.1. The van der Waals surface area contributed by atoms with Crippen molar-refractivity contribution in [2.75, 3.05) is 0 Å². The van der Waals surface area contributed by atoms with Gasteiger partial charge in [0.2, 0.25) is 0 Å². The molecule has 8 heteroatoms. The topological polar surface area (TPSA) is 137 Å². The van der Waals surface area contributed by atoms with Crippen LogP contribution in [0.15, 0.2) is 11.6 Å². The number of carbonyl (C=O) groups is 1. The van der Waals surface area contributed by atoms with Crippen LogP contribution in [-0.4, -0.2) is 80.3 Å². The van der Waals surface area contributed by atoms with Gasteiger partial charge < -0.3 is 35.0 Å². The van der Waals surface area contributed by atoms with Gasteiger partial charge in [-0.1, -0.05) is 90.4 Å². The van der Waals surface area contributed by atoms with Gasteiger partial charge in [-0.2, -0.15) is 0 Å². The van der Waals surface area contributed by atoms with Gasteiger partial charge in [-0.3, -0.25) is 0 Å². The zero-order valence-electron chi connectivity index (χ0n) is 27.2. The van der Waals surface area contributed by atoms with Crippen molar-refractivity contribution in [3.8, 4) is 0 Å². The smallest absolute Gasteiger partial charge is 0.334 e. The standard InChI is InChI=1S/C35H64O8/c1-3-4-5-6-7-8-9-10-11-14-19-31(39)33-22-23-34(43-33)32(40)21-16-20-30(38)29(37)18-15-12-13-17-28(36)25-27-24-26(2)42-35(27)41/h24,26,28-34,36-40H,3-23,25H2,1-2H3/t26-,28+,29-,30+,31-,32+,33+,34+/m0/s1. The van der Waals surface area contributed by atoms with Gasteiger partial charge in [0.1, 0.15) is 6.10 Å².